The van der Waals surface area contributed by atoms with Crippen LogP contribution in [0.5, 0.6) is 0 Å². The van der Waals surface area contributed by atoms with E-state index in [1.807, 2.05) is 25.1 Å². The van der Waals surface area contributed by atoms with Crippen molar-refractivity contribution in [1.29, 1.82) is 5.26 Å². The predicted molar refractivity (Wildman–Crippen MR) is 95.3 cm³/mol. The van der Waals surface area contributed by atoms with Crippen LogP contribution in [-0.4, -0.2) is 9.97 Å². The molecule has 0 saturated carbocycles. The van der Waals surface area contributed by atoms with Gasteiger partial charge in [0.1, 0.15) is 11.1 Å². The average Bonchev–Trinajstić information content (AvgIpc) is 3.13. The van der Waals surface area contributed by atoms with Crippen molar-refractivity contribution in [2.24, 2.45) is 0 Å². The minimum atomic E-state index is 0.664. The number of nitrogens with zero attached hydrogens (tertiary/aromatic N) is 2. The predicted octanol–water partition coefficient (Wildman–Crippen LogP) is 4.88. The lowest BCUT2D eigenvalue weighted by molar-refractivity contribution is 0.682. The Morgan fingerprint density at radius 3 is 2.96 bits per heavy atom. The number of H-pyrrole nitrogens is 1. The molecule has 0 unspecified atom stereocenters. The summed E-state index contributed by atoms with van der Waals surface area (Å²) in [6.07, 6.45) is 6.60. The second-order valence-electron chi connectivity index (χ2n) is 5.98. The molecule has 4 heteroatoms. The minimum absolute atomic E-state index is 0.664. The van der Waals surface area contributed by atoms with Gasteiger partial charge in [0.25, 0.3) is 0 Å². The van der Waals surface area contributed by atoms with Crippen molar-refractivity contribution in [2.45, 2.75) is 32.6 Å². The van der Waals surface area contributed by atoms with E-state index in [0.29, 0.717) is 5.57 Å². The molecule has 1 N–H and O–H groups in total. The fourth-order valence-electron chi connectivity index (χ4n) is 3.24. The van der Waals surface area contributed by atoms with E-state index in [0.717, 1.165) is 40.0 Å². The van der Waals surface area contributed by atoms with Gasteiger partial charge in [-0.05, 0) is 44.7 Å². The smallest absolute Gasteiger partial charge is 0.134 e. The van der Waals surface area contributed by atoms with Crippen LogP contribution in [0.25, 0.3) is 22.6 Å². The molecule has 0 fully saturated rings. The molecule has 3 nitrogen and oxygen atoms in total. The summed E-state index contributed by atoms with van der Waals surface area (Å²) in [4.78, 5) is 9.48. The summed E-state index contributed by atoms with van der Waals surface area (Å²) in [7, 11) is 0. The van der Waals surface area contributed by atoms with E-state index < -0.39 is 0 Å². The molecule has 114 valence electrons. The first-order valence-electron chi connectivity index (χ1n) is 7.94. The SMILES string of the molecule is Cc1[nH]c2ccccc2c1C=C(C#N)c1nc2c(s1)CCCC2. The van der Waals surface area contributed by atoms with Crippen LogP contribution in [0.3, 0.4) is 0 Å². The molecule has 0 spiro atoms. The second kappa shape index (κ2) is 5.68. The highest BCUT2D eigenvalue weighted by Gasteiger charge is 2.18. The Morgan fingerprint density at radius 1 is 1.30 bits per heavy atom. The van der Waals surface area contributed by atoms with E-state index >= 15 is 0 Å². The summed E-state index contributed by atoms with van der Waals surface area (Å²) in [6.45, 7) is 2.05. The topological polar surface area (TPSA) is 52.5 Å². The second-order valence-corrected chi connectivity index (χ2v) is 7.06. The number of aromatic nitrogens is 2. The summed E-state index contributed by atoms with van der Waals surface area (Å²) in [6, 6.07) is 10.6. The highest BCUT2D eigenvalue weighted by Crippen LogP contribution is 2.32. The highest BCUT2D eigenvalue weighted by molar-refractivity contribution is 7.13. The third kappa shape index (κ3) is 2.47. The largest absolute Gasteiger partial charge is 0.358 e. The Hall–Kier alpha value is -2.38. The lowest BCUT2D eigenvalue weighted by atomic mass is 10.0. The van der Waals surface area contributed by atoms with Crippen LogP contribution in [-0.2, 0) is 12.8 Å². The molecule has 4 rings (SSSR count). The summed E-state index contributed by atoms with van der Waals surface area (Å²) in [5, 5.41) is 11.7. The average molecular weight is 319 g/mol. The first-order chi connectivity index (χ1) is 11.3. The number of allylic oxidation sites excluding steroid dienone is 1. The molecule has 23 heavy (non-hydrogen) atoms. The number of hydrogen-bond acceptors (Lipinski definition) is 3. The molecule has 0 amide bonds. The quantitative estimate of drug-likeness (QED) is 0.685. The molecule has 0 aliphatic heterocycles. The Bertz CT molecular complexity index is 929. The number of aromatic amines is 1. The number of benzene rings is 1. The van der Waals surface area contributed by atoms with Crippen molar-refractivity contribution < 1.29 is 0 Å². The third-order valence-electron chi connectivity index (χ3n) is 4.43. The zero-order chi connectivity index (χ0) is 15.8. The lowest BCUT2D eigenvalue weighted by Crippen LogP contribution is -1.99. The van der Waals surface area contributed by atoms with Gasteiger partial charge in [-0.2, -0.15) is 5.26 Å². The van der Waals surface area contributed by atoms with E-state index in [-0.39, 0.29) is 0 Å². The van der Waals surface area contributed by atoms with Crippen LogP contribution in [0.2, 0.25) is 0 Å². The number of para-hydroxylation sites is 1. The number of rotatable bonds is 2. The third-order valence-corrected chi connectivity index (χ3v) is 5.62. The van der Waals surface area contributed by atoms with Gasteiger partial charge >= 0.3 is 0 Å². The van der Waals surface area contributed by atoms with Gasteiger partial charge in [-0.1, -0.05) is 18.2 Å². The van der Waals surface area contributed by atoms with Gasteiger partial charge in [-0.25, -0.2) is 4.98 Å². The van der Waals surface area contributed by atoms with E-state index in [1.165, 1.54) is 23.4 Å². The summed E-state index contributed by atoms with van der Waals surface area (Å²) >= 11 is 1.69. The van der Waals surface area contributed by atoms with Gasteiger partial charge in [-0.3, -0.25) is 0 Å². The van der Waals surface area contributed by atoms with Gasteiger partial charge in [0, 0.05) is 27.0 Å². The Labute approximate surface area is 139 Å². The van der Waals surface area contributed by atoms with Crippen LogP contribution in [0.15, 0.2) is 24.3 Å². The number of nitrogens with one attached hydrogen (secondary N) is 1. The fourth-order valence-corrected chi connectivity index (χ4v) is 4.35. The van der Waals surface area contributed by atoms with E-state index in [9.17, 15) is 5.26 Å². The molecule has 1 aliphatic carbocycles. The van der Waals surface area contributed by atoms with Gasteiger partial charge in [0.05, 0.1) is 11.3 Å². The van der Waals surface area contributed by atoms with E-state index in [2.05, 4.69) is 23.2 Å². The monoisotopic (exact) mass is 319 g/mol. The van der Waals surface area contributed by atoms with Crippen molar-refractivity contribution in [1.82, 2.24) is 9.97 Å². The first kappa shape index (κ1) is 14.2. The summed E-state index contributed by atoms with van der Waals surface area (Å²) in [5.74, 6) is 0. The van der Waals surface area contributed by atoms with Crippen LogP contribution in [0.4, 0.5) is 0 Å². The van der Waals surface area contributed by atoms with Crippen LogP contribution in [0, 0.1) is 18.3 Å². The number of thiazole rings is 1. The number of fused-ring (bicyclic) bond motifs is 2. The van der Waals surface area contributed by atoms with E-state index in [1.54, 1.807) is 11.3 Å². The zero-order valence-electron chi connectivity index (χ0n) is 13.0. The maximum Gasteiger partial charge on any atom is 0.134 e. The summed E-state index contributed by atoms with van der Waals surface area (Å²) < 4.78 is 0. The van der Waals surface area contributed by atoms with E-state index in [4.69, 9.17) is 4.98 Å². The molecule has 3 aromatic rings. The normalized spacial score (nSPS) is 14.7. The Kier molecular flexibility index (Phi) is 3.51. The van der Waals surface area contributed by atoms with Crippen LogP contribution < -0.4 is 0 Å². The van der Waals surface area contributed by atoms with Crippen molar-refractivity contribution in [3.05, 3.63) is 51.1 Å². The molecule has 1 aliphatic rings. The molecule has 1 aromatic carbocycles. The summed E-state index contributed by atoms with van der Waals surface area (Å²) in [5.41, 5.74) is 5.14. The van der Waals surface area contributed by atoms with Crippen molar-refractivity contribution in [3.8, 4) is 6.07 Å². The van der Waals surface area contributed by atoms with Gasteiger partial charge in [-0.15, -0.1) is 11.3 Å². The van der Waals surface area contributed by atoms with Crippen molar-refractivity contribution >= 4 is 33.9 Å². The van der Waals surface area contributed by atoms with Gasteiger partial charge in [0.15, 0.2) is 0 Å². The zero-order valence-corrected chi connectivity index (χ0v) is 13.8. The van der Waals surface area contributed by atoms with Crippen molar-refractivity contribution in [2.75, 3.05) is 0 Å². The highest BCUT2D eigenvalue weighted by atomic mass is 32.1. The molecule has 2 heterocycles. The maximum atomic E-state index is 9.64. The van der Waals surface area contributed by atoms with Crippen molar-refractivity contribution in [3.63, 3.8) is 0 Å². The fraction of sp³-hybridized carbons (Fsp3) is 0.263. The first-order valence-corrected chi connectivity index (χ1v) is 8.76. The molecular formula is C19H17N3S. The molecular weight excluding hydrogens is 302 g/mol. The molecule has 0 bridgehead atoms. The molecule has 0 atom stereocenters. The minimum Gasteiger partial charge on any atom is -0.358 e. The number of hydrogen-bond donors (Lipinski definition) is 1. The molecule has 0 saturated heterocycles. The number of aryl methyl sites for hydroxylation is 3. The van der Waals surface area contributed by atoms with Gasteiger partial charge in [0.2, 0.25) is 0 Å². The van der Waals surface area contributed by atoms with Gasteiger partial charge < -0.3 is 4.98 Å². The lowest BCUT2D eigenvalue weighted by Gasteiger charge is -2.06. The standard InChI is InChI=1S/C19H17N3S/c1-12-15(14-6-2-3-7-16(14)21-12)10-13(11-20)19-22-17-8-4-5-9-18(17)23-19/h2-3,6-7,10,21H,4-5,8-9H2,1H3. The number of nitriles is 1. The van der Waals surface area contributed by atoms with Crippen LogP contribution >= 0.6 is 11.3 Å². The maximum absolute atomic E-state index is 9.64. The Morgan fingerprint density at radius 2 is 2.13 bits per heavy atom. The van der Waals surface area contributed by atoms with Crippen LogP contribution in [0.1, 0.15) is 39.7 Å². The molecule has 0 radical (unpaired) electrons. The molecule has 2 aromatic heterocycles. The Balaban J connectivity index is 1.83.